The number of ether oxygens (including phenoxy) is 1. The minimum absolute atomic E-state index is 0.219. The molecule has 1 aromatic rings. The van der Waals surface area contributed by atoms with Gasteiger partial charge in [0, 0.05) is 53.3 Å². The first-order chi connectivity index (χ1) is 10.8. The minimum Gasteiger partial charge on any atom is -0.468 e. The minimum atomic E-state index is -0.237. The second-order valence-corrected chi connectivity index (χ2v) is 6.74. The maximum Gasteiger partial charge on any atom is 0.319 e. The molecule has 0 saturated carbocycles. The number of nitrogens with one attached hydrogen (secondary N) is 1. The summed E-state index contributed by atoms with van der Waals surface area (Å²) in [6.45, 7) is 6.57. The van der Waals surface area contributed by atoms with Crippen LogP contribution in [0.5, 0.6) is 0 Å². The summed E-state index contributed by atoms with van der Waals surface area (Å²) in [6, 6.07) is 3.49. The third-order valence-corrected chi connectivity index (χ3v) is 4.48. The fraction of sp³-hybridized carbons (Fsp3) is 0.500. The highest BCUT2D eigenvalue weighted by Crippen LogP contribution is 2.32. The second-order valence-electron chi connectivity index (χ2n) is 6.30. The van der Waals surface area contributed by atoms with Crippen LogP contribution in [0.4, 0.5) is 11.4 Å². The fourth-order valence-electron chi connectivity index (χ4n) is 2.95. The van der Waals surface area contributed by atoms with Crippen molar-refractivity contribution in [3.05, 3.63) is 22.7 Å². The number of rotatable bonds is 4. The Kier molecular flexibility index (Phi) is 5.16. The van der Waals surface area contributed by atoms with Gasteiger partial charge in [-0.1, -0.05) is 11.6 Å². The molecule has 0 amide bonds. The molecule has 0 atom stereocenters. The molecule has 1 aromatic carbocycles. The van der Waals surface area contributed by atoms with Crippen molar-refractivity contribution in [3.8, 4) is 0 Å². The number of anilines is 2. The van der Waals surface area contributed by atoms with Crippen molar-refractivity contribution in [2.45, 2.75) is 19.4 Å². The molecule has 0 spiro atoms. The lowest BCUT2D eigenvalue weighted by Gasteiger charge is -2.47. The van der Waals surface area contributed by atoms with Crippen molar-refractivity contribution in [2.75, 3.05) is 43.9 Å². The first kappa shape index (κ1) is 17.6. The van der Waals surface area contributed by atoms with Crippen LogP contribution < -0.4 is 10.6 Å². The molecule has 0 unspecified atom stereocenters. The van der Waals surface area contributed by atoms with Crippen LogP contribution >= 0.6 is 11.6 Å². The lowest BCUT2D eigenvalue weighted by atomic mass is 9.97. The number of hydrogen-bond acceptors (Lipinski definition) is 6. The number of halogens is 1. The summed E-state index contributed by atoms with van der Waals surface area (Å²) in [7, 11) is 1.40. The predicted octanol–water partition coefficient (Wildman–Crippen LogP) is 1.99. The molecule has 0 aromatic heterocycles. The Balaban J connectivity index is 2.25. The number of nitrogen functional groups attached to an aromatic ring is 1. The number of hydrogen-bond donors (Lipinski definition) is 2. The normalized spacial score (nSPS) is 17.8. The topological polar surface area (TPSA) is 82.7 Å². The molecule has 1 aliphatic heterocycles. The number of nitrogens with zero attached hydrogens (tertiary/aromatic N) is 2. The average Bonchev–Trinajstić information content (AvgIpc) is 2.48. The number of esters is 1. The van der Waals surface area contributed by atoms with Gasteiger partial charge in [0.25, 0.3) is 0 Å². The van der Waals surface area contributed by atoms with Gasteiger partial charge in [-0.3, -0.25) is 9.69 Å². The molecule has 126 valence electrons. The monoisotopic (exact) mass is 338 g/mol. The molecule has 23 heavy (non-hydrogen) atoms. The second kappa shape index (κ2) is 6.76. The zero-order valence-electron chi connectivity index (χ0n) is 13.7. The SMILES string of the molecule is COC(=O)CN1CCN(c2cc(Cl)cc(N)c2C=N)CC1(C)C. The van der Waals surface area contributed by atoms with Crippen molar-refractivity contribution < 1.29 is 9.53 Å². The van der Waals surface area contributed by atoms with Crippen molar-refractivity contribution in [1.82, 2.24) is 4.90 Å². The summed E-state index contributed by atoms with van der Waals surface area (Å²) in [6.07, 6.45) is 1.26. The Bertz CT molecular complexity index is 618. The van der Waals surface area contributed by atoms with Crippen molar-refractivity contribution >= 4 is 35.2 Å². The largest absolute Gasteiger partial charge is 0.468 e. The molecule has 1 fully saturated rings. The quantitative estimate of drug-likeness (QED) is 0.498. The van der Waals surface area contributed by atoms with Gasteiger partial charge < -0.3 is 20.8 Å². The van der Waals surface area contributed by atoms with Gasteiger partial charge in [0.2, 0.25) is 0 Å². The Morgan fingerprint density at radius 3 is 2.74 bits per heavy atom. The van der Waals surface area contributed by atoms with E-state index in [1.807, 2.05) is 6.07 Å². The molecular weight excluding hydrogens is 316 g/mol. The number of carbonyl (C=O) groups excluding carboxylic acids is 1. The summed E-state index contributed by atoms with van der Waals surface area (Å²) < 4.78 is 4.77. The highest BCUT2D eigenvalue weighted by atomic mass is 35.5. The van der Waals surface area contributed by atoms with Gasteiger partial charge in [0.15, 0.2) is 0 Å². The Morgan fingerprint density at radius 2 is 2.17 bits per heavy atom. The van der Waals surface area contributed by atoms with Crippen LogP contribution in [0.15, 0.2) is 12.1 Å². The van der Waals surface area contributed by atoms with Crippen LogP contribution in [0.1, 0.15) is 19.4 Å². The highest BCUT2D eigenvalue weighted by Gasteiger charge is 2.35. The van der Waals surface area contributed by atoms with Crippen molar-refractivity contribution in [1.29, 1.82) is 5.41 Å². The Labute approximate surface area is 141 Å². The van der Waals surface area contributed by atoms with Gasteiger partial charge in [0.1, 0.15) is 0 Å². The molecule has 3 N–H and O–H groups in total. The average molecular weight is 339 g/mol. The number of methoxy groups -OCH3 is 1. The highest BCUT2D eigenvalue weighted by molar-refractivity contribution is 6.31. The van der Waals surface area contributed by atoms with Crippen LogP contribution in [0.25, 0.3) is 0 Å². The van der Waals surface area contributed by atoms with E-state index in [0.29, 0.717) is 29.4 Å². The molecule has 6 nitrogen and oxygen atoms in total. The van der Waals surface area contributed by atoms with E-state index >= 15 is 0 Å². The van der Waals surface area contributed by atoms with Crippen LogP contribution in [-0.4, -0.2) is 55.9 Å². The maximum absolute atomic E-state index is 11.6. The van der Waals surface area contributed by atoms with E-state index in [9.17, 15) is 4.79 Å². The van der Waals surface area contributed by atoms with Crippen LogP contribution in [0.2, 0.25) is 5.02 Å². The van der Waals surface area contributed by atoms with E-state index in [2.05, 4.69) is 23.6 Å². The molecule has 1 saturated heterocycles. The fourth-order valence-corrected chi connectivity index (χ4v) is 3.17. The first-order valence-electron chi connectivity index (χ1n) is 7.45. The molecule has 1 aliphatic rings. The third-order valence-electron chi connectivity index (χ3n) is 4.26. The number of benzene rings is 1. The predicted molar refractivity (Wildman–Crippen MR) is 93.6 cm³/mol. The van der Waals surface area contributed by atoms with Gasteiger partial charge in [-0.15, -0.1) is 0 Å². The van der Waals surface area contributed by atoms with Crippen LogP contribution in [0.3, 0.4) is 0 Å². The zero-order valence-corrected chi connectivity index (χ0v) is 14.5. The molecule has 7 heteroatoms. The molecule has 2 rings (SSSR count). The lowest BCUT2D eigenvalue weighted by Crippen LogP contribution is -2.60. The van der Waals surface area contributed by atoms with Gasteiger partial charge in [-0.05, 0) is 26.0 Å². The molecule has 0 radical (unpaired) electrons. The van der Waals surface area contributed by atoms with E-state index in [1.54, 1.807) is 6.07 Å². The summed E-state index contributed by atoms with van der Waals surface area (Å²) in [5.74, 6) is -0.237. The van der Waals surface area contributed by atoms with E-state index < -0.39 is 0 Å². The first-order valence-corrected chi connectivity index (χ1v) is 7.82. The smallest absolute Gasteiger partial charge is 0.319 e. The summed E-state index contributed by atoms with van der Waals surface area (Å²) in [4.78, 5) is 15.8. The number of piperazine rings is 1. The van der Waals surface area contributed by atoms with E-state index in [-0.39, 0.29) is 18.1 Å². The molecule has 0 aliphatic carbocycles. The Hall–Kier alpha value is -1.79. The summed E-state index contributed by atoms with van der Waals surface area (Å²) >= 11 is 6.13. The Morgan fingerprint density at radius 1 is 1.48 bits per heavy atom. The van der Waals surface area contributed by atoms with Crippen molar-refractivity contribution in [3.63, 3.8) is 0 Å². The summed E-state index contributed by atoms with van der Waals surface area (Å²) in [5, 5.41) is 8.18. The van der Waals surface area contributed by atoms with Gasteiger partial charge in [0.05, 0.1) is 13.7 Å². The lowest BCUT2D eigenvalue weighted by molar-refractivity contribution is -0.143. The van der Waals surface area contributed by atoms with Gasteiger partial charge in [-0.2, -0.15) is 0 Å². The third kappa shape index (κ3) is 3.76. The van der Waals surface area contributed by atoms with E-state index in [4.69, 9.17) is 27.5 Å². The van der Waals surface area contributed by atoms with Crippen LogP contribution in [0, 0.1) is 5.41 Å². The van der Waals surface area contributed by atoms with Crippen LogP contribution in [-0.2, 0) is 9.53 Å². The maximum atomic E-state index is 11.6. The molecular formula is C16H23ClN4O2. The number of carbonyl (C=O) groups is 1. The molecule has 0 bridgehead atoms. The zero-order chi connectivity index (χ0) is 17.2. The summed E-state index contributed by atoms with van der Waals surface area (Å²) in [5.41, 5.74) is 7.79. The standard InChI is InChI=1S/C16H23ClN4O2/c1-16(2)10-20(4-5-21(16)9-15(22)23-3)14-7-11(17)6-13(19)12(14)8-18/h6-8,18H,4-5,9-10,19H2,1-3H3. The van der Waals surface area contributed by atoms with Gasteiger partial charge in [-0.25, -0.2) is 0 Å². The molecule has 1 heterocycles. The van der Waals surface area contributed by atoms with E-state index in [0.717, 1.165) is 12.2 Å². The van der Waals surface area contributed by atoms with Gasteiger partial charge >= 0.3 is 5.97 Å². The van der Waals surface area contributed by atoms with E-state index in [1.165, 1.54) is 13.3 Å². The van der Waals surface area contributed by atoms with Crippen molar-refractivity contribution in [2.24, 2.45) is 0 Å². The number of nitrogens with two attached hydrogens (primary N) is 1.